The van der Waals surface area contributed by atoms with E-state index in [1.54, 1.807) is 0 Å². The summed E-state index contributed by atoms with van der Waals surface area (Å²) in [6.45, 7) is 6.77. The van der Waals surface area contributed by atoms with Crippen molar-refractivity contribution in [2.24, 2.45) is 17.1 Å². The van der Waals surface area contributed by atoms with Crippen molar-refractivity contribution in [1.82, 2.24) is 5.32 Å². The van der Waals surface area contributed by atoms with Gasteiger partial charge in [-0.2, -0.15) is 0 Å². The van der Waals surface area contributed by atoms with Crippen LogP contribution in [0.25, 0.3) is 0 Å². The molecule has 0 radical (unpaired) electrons. The monoisotopic (exact) mass is 226 g/mol. The van der Waals surface area contributed by atoms with Crippen LogP contribution in [-0.4, -0.2) is 18.5 Å². The van der Waals surface area contributed by atoms with E-state index >= 15 is 0 Å². The zero-order valence-corrected chi connectivity index (χ0v) is 10.9. The second-order valence-corrected chi connectivity index (χ2v) is 6.07. The maximum atomic E-state index is 11.7. The summed E-state index contributed by atoms with van der Waals surface area (Å²) in [5, 5.41) is 2.95. The van der Waals surface area contributed by atoms with Crippen molar-refractivity contribution in [3.05, 3.63) is 0 Å². The van der Waals surface area contributed by atoms with E-state index in [2.05, 4.69) is 5.32 Å². The van der Waals surface area contributed by atoms with Crippen molar-refractivity contribution in [3.8, 4) is 0 Å². The molecule has 3 nitrogen and oxygen atoms in total. The van der Waals surface area contributed by atoms with E-state index in [4.69, 9.17) is 5.73 Å². The number of rotatable bonds is 4. The van der Waals surface area contributed by atoms with Gasteiger partial charge < -0.3 is 11.1 Å². The molecule has 3 heteroatoms. The third-order valence-corrected chi connectivity index (χ3v) is 3.54. The highest BCUT2D eigenvalue weighted by molar-refractivity contribution is 5.82. The normalized spacial score (nSPS) is 19.8. The Balaban J connectivity index is 2.19. The molecule has 1 atom stereocenters. The maximum absolute atomic E-state index is 11.7. The number of hydrogen-bond donors (Lipinski definition) is 2. The van der Waals surface area contributed by atoms with Crippen molar-refractivity contribution >= 4 is 5.91 Å². The van der Waals surface area contributed by atoms with Gasteiger partial charge in [-0.15, -0.1) is 0 Å². The first-order valence-corrected chi connectivity index (χ1v) is 6.44. The van der Waals surface area contributed by atoms with Crippen LogP contribution in [0.2, 0.25) is 0 Å². The summed E-state index contributed by atoms with van der Waals surface area (Å²) in [5.41, 5.74) is 5.72. The van der Waals surface area contributed by atoms with Gasteiger partial charge in [-0.1, -0.05) is 46.5 Å². The van der Waals surface area contributed by atoms with E-state index < -0.39 is 6.04 Å². The zero-order chi connectivity index (χ0) is 12.2. The molecule has 0 aromatic carbocycles. The molecule has 1 fully saturated rings. The molecule has 0 aromatic rings. The number of carbonyl (C=O) groups is 1. The molecule has 1 aliphatic rings. The Hall–Kier alpha value is -0.570. The third-order valence-electron chi connectivity index (χ3n) is 3.54. The molecule has 1 saturated carbocycles. The van der Waals surface area contributed by atoms with E-state index in [-0.39, 0.29) is 11.3 Å². The minimum Gasteiger partial charge on any atom is -0.355 e. The molecule has 1 rings (SSSR count). The van der Waals surface area contributed by atoms with Crippen LogP contribution in [0.4, 0.5) is 0 Å². The number of nitrogens with two attached hydrogens (primary N) is 1. The molecule has 0 saturated heterocycles. The van der Waals surface area contributed by atoms with Crippen LogP contribution in [0, 0.1) is 11.3 Å². The Morgan fingerprint density at radius 2 is 1.94 bits per heavy atom. The molecule has 1 amide bonds. The first-order chi connectivity index (χ1) is 7.41. The SMILES string of the molecule is CC(C)(C)[C@@H](N)C(=O)NCCC1CCCC1. The van der Waals surface area contributed by atoms with Gasteiger partial charge in [0.25, 0.3) is 0 Å². The van der Waals surface area contributed by atoms with Crippen LogP contribution in [-0.2, 0) is 4.79 Å². The molecule has 0 heterocycles. The van der Waals surface area contributed by atoms with Crippen LogP contribution in [0.15, 0.2) is 0 Å². The number of carbonyl (C=O) groups excluding carboxylic acids is 1. The molecule has 1 aliphatic carbocycles. The van der Waals surface area contributed by atoms with Gasteiger partial charge in [0.15, 0.2) is 0 Å². The van der Waals surface area contributed by atoms with Gasteiger partial charge in [-0.25, -0.2) is 0 Å². The molecule has 0 aromatic heterocycles. The van der Waals surface area contributed by atoms with E-state index in [9.17, 15) is 4.79 Å². The summed E-state index contributed by atoms with van der Waals surface area (Å²) in [7, 11) is 0. The fraction of sp³-hybridized carbons (Fsp3) is 0.923. The molecule has 0 unspecified atom stereocenters. The molecule has 0 spiro atoms. The Bertz CT molecular complexity index is 227. The zero-order valence-electron chi connectivity index (χ0n) is 10.9. The van der Waals surface area contributed by atoms with Crippen molar-refractivity contribution < 1.29 is 4.79 Å². The minimum atomic E-state index is -0.406. The third kappa shape index (κ3) is 4.12. The molecular formula is C13H26N2O. The second-order valence-electron chi connectivity index (χ2n) is 6.07. The largest absolute Gasteiger partial charge is 0.355 e. The van der Waals surface area contributed by atoms with E-state index in [0.717, 1.165) is 18.9 Å². The summed E-state index contributed by atoms with van der Waals surface area (Å²) in [5.74, 6) is 0.816. The molecule has 16 heavy (non-hydrogen) atoms. The van der Waals surface area contributed by atoms with Crippen LogP contribution in [0.1, 0.15) is 52.9 Å². The highest BCUT2D eigenvalue weighted by Crippen LogP contribution is 2.27. The van der Waals surface area contributed by atoms with Crippen molar-refractivity contribution in [2.75, 3.05) is 6.54 Å². The number of hydrogen-bond acceptors (Lipinski definition) is 2. The molecular weight excluding hydrogens is 200 g/mol. The summed E-state index contributed by atoms with van der Waals surface area (Å²) < 4.78 is 0. The quantitative estimate of drug-likeness (QED) is 0.771. The predicted octanol–water partition coefficient (Wildman–Crippen LogP) is 2.06. The highest BCUT2D eigenvalue weighted by Gasteiger charge is 2.27. The lowest BCUT2D eigenvalue weighted by Gasteiger charge is -2.26. The van der Waals surface area contributed by atoms with Crippen molar-refractivity contribution in [1.29, 1.82) is 0 Å². The van der Waals surface area contributed by atoms with Crippen molar-refractivity contribution in [3.63, 3.8) is 0 Å². The summed E-state index contributed by atoms with van der Waals surface area (Å²) in [6, 6.07) is -0.406. The van der Waals surface area contributed by atoms with Gasteiger partial charge in [-0.3, -0.25) is 4.79 Å². The average molecular weight is 226 g/mol. The standard InChI is InChI=1S/C13H26N2O/c1-13(2,3)11(14)12(16)15-9-8-10-6-4-5-7-10/h10-11H,4-9,14H2,1-3H3,(H,15,16)/t11-/m0/s1. The lowest BCUT2D eigenvalue weighted by Crippen LogP contribution is -2.48. The molecule has 0 bridgehead atoms. The molecule has 0 aliphatic heterocycles. The fourth-order valence-electron chi connectivity index (χ4n) is 2.20. The van der Waals surface area contributed by atoms with Crippen LogP contribution in [0.3, 0.4) is 0 Å². The summed E-state index contributed by atoms with van der Waals surface area (Å²) >= 11 is 0. The topological polar surface area (TPSA) is 55.1 Å². The van der Waals surface area contributed by atoms with Crippen LogP contribution < -0.4 is 11.1 Å². The minimum absolute atomic E-state index is 0.00880. The maximum Gasteiger partial charge on any atom is 0.237 e. The van der Waals surface area contributed by atoms with E-state index in [1.807, 2.05) is 20.8 Å². The lowest BCUT2D eigenvalue weighted by atomic mass is 9.87. The van der Waals surface area contributed by atoms with Crippen molar-refractivity contribution in [2.45, 2.75) is 58.9 Å². The van der Waals surface area contributed by atoms with Crippen LogP contribution in [0.5, 0.6) is 0 Å². The fourth-order valence-corrected chi connectivity index (χ4v) is 2.20. The van der Waals surface area contributed by atoms with E-state index in [1.165, 1.54) is 25.7 Å². The Morgan fingerprint density at radius 3 is 2.44 bits per heavy atom. The number of nitrogens with one attached hydrogen (secondary N) is 1. The smallest absolute Gasteiger partial charge is 0.237 e. The predicted molar refractivity (Wildman–Crippen MR) is 67.0 cm³/mol. The Morgan fingerprint density at radius 1 is 1.38 bits per heavy atom. The summed E-state index contributed by atoms with van der Waals surface area (Å²) in [6.07, 6.45) is 6.51. The van der Waals surface area contributed by atoms with Gasteiger partial charge >= 0.3 is 0 Å². The van der Waals surface area contributed by atoms with Gasteiger partial charge in [-0.05, 0) is 17.8 Å². The van der Waals surface area contributed by atoms with Gasteiger partial charge in [0, 0.05) is 6.54 Å². The van der Waals surface area contributed by atoms with Gasteiger partial charge in [0.1, 0.15) is 0 Å². The van der Waals surface area contributed by atoms with Gasteiger partial charge in [0.05, 0.1) is 6.04 Å². The van der Waals surface area contributed by atoms with Gasteiger partial charge in [0.2, 0.25) is 5.91 Å². The molecule has 3 N–H and O–H groups in total. The first-order valence-electron chi connectivity index (χ1n) is 6.44. The number of amides is 1. The lowest BCUT2D eigenvalue weighted by molar-refractivity contribution is -0.124. The van der Waals surface area contributed by atoms with Crippen LogP contribution >= 0.6 is 0 Å². The molecule has 94 valence electrons. The highest BCUT2D eigenvalue weighted by atomic mass is 16.2. The average Bonchev–Trinajstić information content (AvgIpc) is 2.67. The Kier molecular flexibility index (Phi) is 4.78. The van der Waals surface area contributed by atoms with E-state index in [0.29, 0.717) is 0 Å². The summed E-state index contributed by atoms with van der Waals surface area (Å²) in [4.78, 5) is 11.7. The Labute approximate surface area is 99.2 Å². The second kappa shape index (κ2) is 5.67. The first kappa shape index (κ1) is 13.5.